The van der Waals surface area contributed by atoms with E-state index in [2.05, 4.69) is 10.1 Å². The second-order valence-electron chi connectivity index (χ2n) is 8.44. The summed E-state index contributed by atoms with van der Waals surface area (Å²) in [5, 5.41) is 5.52. The maximum Gasteiger partial charge on any atom is 0.573 e. The van der Waals surface area contributed by atoms with E-state index >= 15 is 0 Å². The third-order valence-electron chi connectivity index (χ3n) is 5.58. The molecule has 0 radical (unpaired) electrons. The molecule has 0 atom stereocenters. The first-order valence-corrected chi connectivity index (χ1v) is 13.1. The van der Waals surface area contributed by atoms with Gasteiger partial charge in [0.1, 0.15) is 5.75 Å². The first kappa shape index (κ1) is 27.5. The molecule has 0 bridgehead atoms. The molecule has 0 spiro atoms. The molecule has 1 heterocycles. The summed E-state index contributed by atoms with van der Waals surface area (Å²) < 4.78 is 43.7. The largest absolute Gasteiger partial charge is 0.573 e. The van der Waals surface area contributed by atoms with Crippen molar-refractivity contribution in [2.45, 2.75) is 32.3 Å². The van der Waals surface area contributed by atoms with Gasteiger partial charge in [0, 0.05) is 23.5 Å². The fourth-order valence-corrected chi connectivity index (χ4v) is 4.85. The van der Waals surface area contributed by atoms with E-state index in [9.17, 15) is 18.0 Å². The highest BCUT2D eigenvalue weighted by molar-refractivity contribution is 7.07. The molecule has 1 amide bonds. The zero-order valence-electron chi connectivity index (χ0n) is 20.2. The van der Waals surface area contributed by atoms with Crippen LogP contribution in [0.5, 0.6) is 5.75 Å². The molecule has 0 saturated heterocycles. The molecule has 0 aliphatic heterocycles. The average Bonchev–Trinajstić information content (AvgIpc) is 3.29. The molecule has 1 aromatic heterocycles. The van der Waals surface area contributed by atoms with Crippen molar-refractivity contribution in [3.63, 3.8) is 0 Å². The number of thiazole rings is 1. The lowest BCUT2D eigenvalue weighted by atomic mass is 10.1. The van der Waals surface area contributed by atoms with Gasteiger partial charge in [-0.05, 0) is 59.5 Å². The highest BCUT2D eigenvalue weighted by atomic mass is 35.5. The minimum atomic E-state index is -4.75. The second kappa shape index (κ2) is 12.8. The standard InChI is InChI=1S/C28H25ClF3N3O2S/c29-23-11-7-21(8-12-23)18-34-27-35(16-4-15-33-26(36)17-20-5-2-1-3-6-20)25(19-38-27)22-9-13-24(14-10-22)37-28(30,31)32/h1-3,5-14,19H,4,15-18H2,(H,33,36)/b34-27-. The average molecular weight is 560 g/mol. The van der Waals surface area contributed by atoms with Crippen LogP contribution in [0.4, 0.5) is 13.2 Å². The Balaban J connectivity index is 1.48. The molecule has 4 aromatic rings. The Hall–Kier alpha value is -3.56. The zero-order valence-corrected chi connectivity index (χ0v) is 21.8. The van der Waals surface area contributed by atoms with Gasteiger partial charge in [-0.15, -0.1) is 24.5 Å². The molecule has 0 unspecified atom stereocenters. The first-order chi connectivity index (χ1) is 18.3. The normalized spacial score (nSPS) is 11.9. The first-order valence-electron chi connectivity index (χ1n) is 11.9. The van der Waals surface area contributed by atoms with Gasteiger partial charge in [-0.2, -0.15) is 0 Å². The predicted molar refractivity (Wildman–Crippen MR) is 143 cm³/mol. The van der Waals surface area contributed by atoms with Crippen LogP contribution in [0.15, 0.2) is 89.2 Å². The van der Waals surface area contributed by atoms with Gasteiger partial charge >= 0.3 is 6.36 Å². The number of rotatable bonds is 10. The Morgan fingerprint density at radius 3 is 2.37 bits per heavy atom. The van der Waals surface area contributed by atoms with Gasteiger partial charge in [-0.3, -0.25) is 9.79 Å². The summed E-state index contributed by atoms with van der Waals surface area (Å²) in [5.41, 5.74) is 3.49. The number of hydrogen-bond donors (Lipinski definition) is 1. The Morgan fingerprint density at radius 2 is 1.68 bits per heavy atom. The number of carbonyl (C=O) groups excluding carboxylic acids is 1. The zero-order chi connectivity index (χ0) is 27.0. The third-order valence-corrected chi connectivity index (χ3v) is 6.73. The lowest BCUT2D eigenvalue weighted by Gasteiger charge is -2.12. The van der Waals surface area contributed by atoms with Crippen molar-refractivity contribution >= 4 is 28.8 Å². The van der Waals surface area contributed by atoms with Gasteiger partial charge in [-0.25, -0.2) is 0 Å². The maximum absolute atomic E-state index is 12.6. The Morgan fingerprint density at radius 1 is 0.974 bits per heavy atom. The molecule has 5 nitrogen and oxygen atoms in total. The van der Waals surface area contributed by atoms with E-state index in [1.807, 2.05) is 64.5 Å². The fourth-order valence-electron chi connectivity index (χ4n) is 3.79. The maximum atomic E-state index is 12.6. The fraction of sp³-hybridized carbons (Fsp3) is 0.214. The number of hydrogen-bond acceptors (Lipinski definition) is 4. The van der Waals surface area contributed by atoms with Crippen LogP contribution < -0.4 is 14.9 Å². The van der Waals surface area contributed by atoms with Gasteiger partial charge in [0.05, 0.1) is 18.7 Å². The molecule has 10 heteroatoms. The monoisotopic (exact) mass is 559 g/mol. The smallest absolute Gasteiger partial charge is 0.406 e. The van der Waals surface area contributed by atoms with Crippen LogP contribution in [0.25, 0.3) is 11.3 Å². The van der Waals surface area contributed by atoms with Gasteiger partial charge in [0.15, 0.2) is 4.80 Å². The lowest BCUT2D eigenvalue weighted by Crippen LogP contribution is -2.27. The molecule has 0 aliphatic carbocycles. The molecule has 4 rings (SSSR count). The highest BCUT2D eigenvalue weighted by Gasteiger charge is 2.31. The number of halogens is 4. The van der Waals surface area contributed by atoms with Crippen molar-refractivity contribution in [2.75, 3.05) is 6.54 Å². The highest BCUT2D eigenvalue weighted by Crippen LogP contribution is 2.27. The molecule has 3 aromatic carbocycles. The molecule has 198 valence electrons. The van der Waals surface area contributed by atoms with E-state index in [-0.39, 0.29) is 11.7 Å². The van der Waals surface area contributed by atoms with Crippen LogP contribution in [0.3, 0.4) is 0 Å². The number of amides is 1. The SMILES string of the molecule is O=C(Cc1ccccc1)NCCCn1c(-c2ccc(OC(F)(F)F)cc2)cs/c1=N\Cc1ccc(Cl)cc1. The van der Waals surface area contributed by atoms with Crippen molar-refractivity contribution in [1.29, 1.82) is 0 Å². The van der Waals surface area contributed by atoms with E-state index in [1.54, 1.807) is 12.1 Å². The van der Waals surface area contributed by atoms with Crippen molar-refractivity contribution in [3.8, 4) is 17.0 Å². The molecule has 1 N–H and O–H groups in total. The second-order valence-corrected chi connectivity index (χ2v) is 9.71. The van der Waals surface area contributed by atoms with Crippen LogP contribution in [-0.4, -0.2) is 23.4 Å². The molecule has 0 aliphatic rings. The van der Waals surface area contributed by atoms with Crippen molar-refractivity contribution in [2.24, 2.45) is 4.99 Å². The van der Waals surface area contributed by atoms with E-state index < -0.39 is 6.36 Å². The summed E-state index contributed by atoms with van der Waals surface area (Å²) in [7, 11) is 0. The van der Waals surface area contributed by atoms with E-state index in [0.29, 0.717) is 37.5 Å². The minimum Gasteiger partial charge on any atom is -0.406 e. The number of carbonyl (C=O) groups is 1. The van der Waals surface area contributed by atoms with Crippen molar-refractivity contribution in [1.82, 2.24) is 9.88 Å². The number of benzene rings is 3. The summed E-state index contributed by atoms with van der Waals surface area (Å²) >= 11 is 7.42. The predicted octanol–water partition coefficient (Wildman–Crippen LogP) is 6.62. The van der Waals surface area contributed by atoms with Crippen LogP contribution in [0.2, 0.25) is 5.02 Å². The number of aromatic nitrogens is 1. The quantitative estimate of drug-likeness (QED) is 0.222. The topological polar surface area (TPSA) is 55.6 Å². The summed E-state index contributed by atoms with van der Waals surface area (Å²) in [6.45, 7) is 1.48. The van der Waals surface area contributed by atoms with Crippen molar-refractivity contribution < 1.29 is 22.7 Å². The van der Waals surface area contributed by atoms with E-state index in [1.165, 1.54) is 23.5 Å². The molecule has 0 saturated carbocycles. The van der Waals surface area contributed by atoms with Gasteiger partial charge < -0.3 is 14.6 Å². The number of nitrogens with zero attached hydrogens (tertiary/aromatic N) is 2. The summed E-state index contributed by atoms with van der Waals surface area (Å²) in [5.74, 6) is -0.337. The van der Waals surface area contributed by atoms with Gasteiger partial charge in [0.25, 0.3) is 0 Å². The van der Waals surface area contributed by atoms with Crippen LogP contribution in [-0.2, 0) is 24.3 Å². The van der Waals surface area contributed by atoms with Gasteiger partial charge in [0.2, 0.25) is 5.91 Å². The Bertz CT molecular complexity index is 1400. The number of nitrogens with one attached hydrogen (secondary N) is 1. The Labute approximate surface area is 227 Å². The van der Waals surface area contributed by atoms with E-state index in [0.717, 1.165) is 27.2 Å². The summed E-state index contributed by atoms with van der Waals surface area (Å²) in [6, 6.07) is 22.7. The Kier molecular flexibility index (Phi) is 9.25. The number of alkyl halides is 3. The summed E-state index contributed by atoms with van der Waals surface area (Å²) in [4.78, 5) is 17.8. The lowest BCUT2D eigenvalue weighted by molar-refractivity contribution is -0.274. The molecule has 0 fully saturated rings. The minimum absolute atomic E-state index is 0.0559. The molecular weight excluding hydrogens is 535 g/mol. The molecular formula is C28H25ClF3N3O2S. The van der Waals surface area contributed by atoms with Crippen LogP contribution in [0.1, 0.15) is 17.5 Å². The molecule has 38 heavy (non-hydrogen) atoms. The van der Waals surface area contributed by atoms with E-state index in [4.69, 9.17) is 16.6 Å². The third kappa shape index (κ3) is 8.22. The van der Waals surface area contributed by atoms with Crippen LogP contribution >= 0.6 is 22.9 Å². The van der Waals surface area contributed by atoms with Gasteiger partial charge in [-0.1, -0.05) is 54.1 Å². The van der Waals surface area contributed by atoms with Crippen LogP contribution in [0, 0.1) is 0 Å². The number of ether oxygens (including phenoxy) is 1. The summed E-state index contributed by atoms with van der Waals surface area (Å²) in [6.07, 6.45) is -3.79. The van der Waals surface area contributed by atoms with Crippen molar-refractivity contribution in [3.05, 3.63) is 105 Å².